The van der Waals surface area contributed by atoms with Crippen LogP contribution in [0.3, 0.4) is 0 Å². The van der Waals surface area contributed by atoms with Crippen molar-refractivity contribution >= 4 is 11.6 Å². The topological polar surface area (TPSA) is 36.4 Å². The molecular formula is C20H25N3O. The highest BCUT2D eigenvalue weighted by molar-refractivity contribution is 5.93. The van der Waals surface area contributed by atoms with Crippen LogP contribution in [0.2, 0.25) is 0 Å². The van der Waals surface area contributed by atoms with E-state index in [1.165, 1.54) is 0 Å². The molecule has 1 aliphatic rings. The molecule has 0 unspecified atom stereocenters. The Labute approximate surface area is 144 Å². The minimum atomic E-state index is 0.0497. The van der Waals surface area contributed by atoms with Crippen LogP contribution in [-0.2, 0) is 0 Å². The van der Waals surface area contributed by atoms with Gasteiger partial charge in [0.15, 0.2) is 0 Å². The second-order valence-electron chi connectivity index (χ2n) is 6.82. The van der Waals surface area contributed by atoms with Crippen LogP contribution in [0.15, 0.2) is 42.5 Å². The predicted octanol–water partition coefficient (Wildman–Crippen LogP) is 3.69. The van der Waals surface area contributed by atoms with Crippen molar-refractivity contribution in [1.29, 1.82) is 0 Å². The number of aromatic nitrogens is 1. The summed E-state index contributed by atoms with van der Waals surface area (Å²) >= 11 is 0. The van der Waals surface area contributed by atoms with Gasteiger partial charge in [0, 0.05) is 38.4 Å². The Kier molecular flexibility index (Phi) is 4.84. The molecule has 0 bridgehead atoms. The Bertz CT molecular complexity index is 701. The van der Waals surface area contributed by atoms with Crippen molar-refractivity contribution < 1.29 is 4.79 Å². The van der Waals surface area contributed by atoms with E-state index in [2.05, 4.69) is 41.1 Å². The van der Waals surface area contributed by atoms with Crippen molar-refractivity contribution in [1.82, 2.24) is 9.88 Å². The van der Waals surface area contributed by atoms with E-state index < -0.39 is 0 Å². The van der Waals surface area contributed by atoms with Crippen LogP contribution in [0.25, 0.3) is 11.3 Å². The monoisotopic (exact) mass is 323 g/mol. The molecule has 0 N–H and O–H groups in total. The van der Waals surface area contributed by atoms with E-state index >= 15 is 0 Å². The van der Waals surface area contributed by atoms with Gasteiger partial charge in [0.2, 0.25) is 0 Å². The lowest BCUT2D eigenvalue weighted by Gasteiger charge is -2.30. The SMILES string of the molecule is CC1CCN(C(=O)c2cccc(-c3ccc(N(C)C)cc3)n2)CC1. The molecule has 0 radical (unpaired) electrons. The maximum Gasteiger partial charge on any atom is 0.272 e. The lowest BCUT2D eigenvalue weighted by atomic mass is 9.99. The van der Waals surface area contributed by atoms with Gasteiger partial charge in [-0.2, -0.15) is 0 Å². The minimum absolute atomic E-state index is 0.0497. The molecule has 2 heterocycles. The molecule has 24 heavy (non-hydrogen) atoms. The molecule has 1 aromatic heterocycles. The van der Waals surface area contributed by atoms with E-state index in [1.807, 2.05) is 37.2 Å². The Morgan fingerprint density at radius 2 is 1.75 bits per heavy atom. The molecule has 0 aliphatic carbocycles. The summed E-state index contributed by atoms with van der Waals surface area (Å²) in [4.78, 5) is 21.3. The summed E-state index contributed by atoms with van der Waals surface area (Å²) < 4.78 is 0. The first-order valence-corrected chi connectivity index (χ1v) is 8.58. The zero-order valence-electron chi connectivity index (χ0n) is 14.7. The Hall–Kier alpha value is -2.36. The standard InChI is InChI=1S/C20H25N3O/c1-15-11-13-23(14-12-15)20(24)19-6-4-5-18(21-19)16-7-9-17(10-8-16)22(2)3/h4-10,15H,11-14H2,1-3H3. The van der Waals surface area contributed by atoms with Crippen molar-refractivity contribution in [3.8, 4) is 11.3 Å². The molecule has 4 nitrogen and oxygen atoms in total. The molecule has 126 valence electrons. The van der Waals surface area contributed by atoms with Gasteiger partial charge in [-0.25, -0.2) is 4.98 Å². The summed E-state index contributed by atoms with van der Waals surface area (Å²) in [5.41, 5.74) is 3.56. The number of anilines is 1. The molecule has 0 atom stereocenters. The predicted molar refractivity (Wildman–Crippen MR) is 98.3 cm³/mol. The number of carbonyl (C=O) groups is 1. The highest BCUT2D eigenvalue weighted by Gasteiger charge is 2.22. The lowest BCUT2D eigenvalue weighted by Crippen LogP contribution is -2.38. The van der Waals surface area contributed by atoms with Crippen LogP contribution >= 0.6 is 0 Å². The third kappa shape index (κ3) is 3.58. The highest BCUT2D eigenvalue weighted by atomic mass is 16.2. The van der Waals surface area contributed by atoms with E-state index in [4.69, 9.17) is 0 Å². The maximum absolute atomic E-state index is 12.7. The first-order valence-electron chi connectivity index (χ1n) is 8.58. The van der Waals surface area contributed by atoms with Crippen molar-refractivity contribution in [3.05, 3.63) is 48.2 Å². The number of pyridine rings is 1. The zero-order chi connectivity index (χ0) is 17.1. The van der Waals surface area contributed by atoms with Crippen molar-refractivity contribution in [2.75, 3.05) is 32.1 Å². The fraction of sp³-hybridized carbons (Fsp3) is 0.400. The molecule has 4 heteroatoms. The Balaban J connectivity index is 1.79. The van der Waals surface area contributed by atoms with E-state index in [0.29, 0.717) is 11.6 Å². The summed E-state index contributed by atoms with van der Waals surface area (Å²) in [6.45, 7) is 3.92. The van der Waals surface area contributed by atoms with Gasteiger partial charge in [-0.3, -0.25) is 4.79 Å². The largest absolute Gasteiger partial charge is 0.378 e. The van der Waals surface area contributed by atoms with Crippen LogP contribution in [0.5, 0.6) is 0 Å². The number of hydrogen-bond acceptors (Lipinski definition) is 3. The average Bonchev–Trinajstić information content (AvgIpc) is 2.62. The number of hydrogen-bond donors (Lipinski definition) is 0. The average molecular weight is 323 g/mol. The van der Waals surface area contributed by atoms with Gasteiger partial charge >= 0.3 is 0 Å². The fourth-order valence-corrected chi connectivity index (χ4v) is 3.02. The fourth-order valence-electron chi connectivity index (χ4n) is 3.02. The van der Waals surface area contributed by atoms with Crippen molar-refractivity contribution in [2.24, 2.45) is 5.92 Å². The van der Waals surface area contributed by atoms with Crippen LogP contribution in [0.1, 0.15) is 30.3 Å². The van der Waals surface area contributed by atoms with E-state index in [0.717, 1.165) is 42.9 Å². The van der Waals surface area contributed by atoms with Crippen LogP contribution in [0, 0.1) is 5.92 Å². The van der Waals surface area contributed by atoms with Gasteiger partial charge in [-0.1, -0.05) is 25.1 Å². The Morgan fingerprint density at radius 3 is 2.38 bits per heavy atom. The molecule has 1 saturated heterocycles. The van der Waals surface area contributed by atoms with Crippen molar-refractivity contribution in [2.45, 2.75) is 19.8 Å². The van der Waals surface area contributed by atoms with Gasteiger partial charge in [-0.05, 0) is 43.0 Å². The quantitative estimate of drug-likeness (QED) is 0.864. The molecule has 0 spiro atoms. The maximum atomic E-state index is 12.7. The summed E-state index contributed by atoms with van der Waals surface area (Å²) in [5, 5.41) is 0. The van der Waals surface area contributed by atoms with Crippen molar-refractivity contribution in [3.63, 3.8) is 0 Å². The van der Waals surface area contributed by atoms with Crippen LogP contribution in [0.4, 0.5) is 5.69 Å². The second kappa shape index (κ2) is 7.04. The number of nitrogens with zero attached hydrogens (tertiary/aromatic N) is 3. The molecule has 1 fully saturated rings. The van der Waals surface area contributed by atoms with Gasteiger partial charge in [0.05, 0.1) is 5.69 Å². The number of rotatable bonds is 3. The van der Waals surface area contributed by atoms with Crippen LogP contribution < -0.4 is 4.90 Å². The number of piperidine rings is 1. The van der Waals surface area contributed by atoms with E-state index in [-0.39, 0.29) is 5.91 Å². The second-order valence-corrected chi connectivity index (χ2v) is 6.82. The van der Waals surface area contributed by atoms with Gasteiger partial charge in [-0.15, -0.1) is 0 Å². The number of carbonyl (C=O) groups excluding carboxylic acids is 1. The molecule has 1 aliphatic heterocycles. The first kappa shape index (κ1) is 16.5. The third-order valence-corrected chi connectivity index (χ3v) is 4.72. The number of likely N-dealkylation sites (tertiary alicyclic amines) is 1. The highest BCUT2D eigenvalue weighted by Crippen LogP contribution is 2.22. The third-order valence-electron chi connectivity index (χ3n) is 4.72. The smallest absolute Gasteiger partial charge is 0.272 e. The first-order chi connectivity index (χ1) is 11.5. The summed E-state index contributed by atoms with van der Waals surface area (Å²) in [7, 11) is 4.04. The molecule has 3 rings (SSSR count). The summed E-state index contributed by atoms with van der Waals surface area (Å²) in [6, 6.07) is 13.9. The minimum Gasteiger partial charge on any atom is -0.378 e. The normalized spacial score (nSPS) is 15.4. The number of benzene rings is 1. The summed E-state index contributed by atoms with van der Waals surface area (Å²) in [5.74, 6) is 0.761. The summed E-state index contributed by atoms with van der Waals surface area (Å²) in [6.07, 6.45) is 2.16. The van der Waals surface area contributed by atoms with E-state index in [9.17, 15) is 4.79 Å². The number of amides is 1. The zero-order valence-corrected chi connectivity index (χ0v) is 14.7. The lowest BCUT2D eigenvalue weighted by molar-refractivity contribution is 0.0691. The molecule has 1 amide bonds. The Morgan fingerprint density at radius 1 is 1.08 bits per heavy atom. The molecule has 1 aromatic carbocycles. The van der Waals surface area contributed by atoms with Crippen LogP contribution in [-0.4, -0.2) is 43.0 Å². The van der Waals surface area contributed by atoms with Gasteiger partial charge < -0.3 is 9.80 Å². The molecular weight excluding hydrogens is 298 g/mol. The van der Waals surface area contributed by atoms with E-state index in [1.54, 1.807) is 0 Å². The van der Waals surface area contributed by atoms with Gasteiger partial charge in [0.1, 0.15) is 5.69 Å². The molecule has 0 saturated carbocycles. The molecule has 2 aromatic rings. The van der Waals surface area contributed by atoms with Gasteiger partial charge in [0.25, 0.3) is 5.91 Å².